The van der Waals surface area contributed by atoms with E-state index in [2.05, 4.69) is 47.9 Å². The Morgan fingerprint density at radius 1 is 0.867 bits per heavy atom. The molecular weight excluding hydrogens is 392 g/mol. The van der Waals surface area contributed by atoms with Gasteiger partial charge >= 0.3 is 0 Å². The number of nitrogens with one attached hydrogen (secondary N) is 2. The molecule has 2 atom stereocenters. The Labute approximate surface area is 181 Å². The third-order valence-electron chi connectivity index (χ3n) is 6.03. The molecule has 1 aliphatic heterocycles. The van der Waals surface area contributed by atoms with Crippen LogP contribution in [0.3, 0.4) is 0 Å². The SMILES string of the molecule is Cc1ccc2c(c1)NC(c1ccc(Cl)cc1)C1=C(CC(c3ccccc3)CC1=O)N2. The minimum Gasteiger partial charge on any atom is -0.372 e. The van der Waals surface area contributed by atoms with E-state index < -0.39 is 0 Å². The number of rotatable bonds is 2. The molecule has 2 unspecified atom stereocenters. The third-order valence-corrected chi connectivity index (χ3v) is 6.28. The Kier molecular flexibility index (Phi) is 4.84. The van der Waals surface area contributed by atoms with Gasteiger partial charge in [-0.3, -0.25) is 4.79 Å². The highest BCUT2D eigenvalue weighted by Crippen LogP contribution is 2.44. The second kappa shape index (κ2) is 7.66. The molecule has 3 aromatic rings. The first-order valence-corrected chi connectivity index (χ1v) is 10.7. The largest absolute Gasteiger partial charge is 0.372 e. The van der Waals surface area contributed by atoms with Gasteiger partial charge in [0, 0.05) is 22.7 Å². The molecule has 0 fully saturated rings. The molecule has 30 heavy (non-hydrogen) atoms. The van der Waals surface area contributed by atoms with Crippen molar-refractivity contribution in [3.8, 4) is 0 Å². The number of carbonyl (C=O) groups is 1. The summed E-state index contributed by atoms with van der Waals surface area (Å²) in [5.41, 5.74) is 7.28. The van der Waals surface area contributed by atoms with E-state index >= 15 is 0 Å². The van der Waals surface area contributed by atoms with Crippen LogP contribution in [0, 0.1) is 6.92 Å². The van der Waals surface area contributed by atoms with Gasteiger partial charge < -0.3 is 10.6 Å². The maximum atomic E-state index is 13.5. The van der Waals surface area contributed by atoms with Crippen molar-refractivity contribution in [3.05, 3.63) is 106 Å². The molecule has 1 heterocycles. The lowest BCUT2D eigenvalue weighted by Crippen LogP contribution is -2.26. The fourth-order valence-electron chi connectivity index (χ4n) is 4.53. The first-order chi connectivity index (χ1) is 14.6. The first kappa shape index (κ1) is 19.0. The second-order valence-corrected chi connectivity index (χ2v) is 8.57. The smallest absolute Gasteiger partial charge is 0.163 e. The molecule has 5 rings (SSSR count). The quantitative estimate of drug-likeness (QED) is 0.494. The van der Waals surface area contributed by atoms with Gasteiger partial charge in [0.05, 0.1) is 17.4 Å². The predicted molar refractivity (Wildman–Crippen MR) is 123 cm³/mol. The number of ketones is 1. The third kappa shape index (κ3) is 3.50. The molecule has 150 valence electrons. The lowest BCUT2D eigenvalue weighted by molar-refractivity contribution is -0.116. The van der Waals surface area contributed by atoms with E-state index in [0.29, 0.717) is 11.4 Å². The summed E-state index contributed by atoms with van der Waals surface area (Å²) >= 11 is 6.13. The van der Waals surface area contributed by atoms with E-state index in [9.17, 15) is 4.79 Å². The Morgan fingerprint density at radius 3 is 2.40 bits per heavy atom. The molecule has 2 aliphatic rings. The van der Waals surface area contributed by atoms with E-state index in [0.717, 1.165) is 34.6 Å². The van der Waals surface area contributed by atoms with Crippen molar-refractivity contribution in [3.63, 3.8) is 0 Å². The summed E-state index contributed by atoms with van der Waals surface area (Å²) < 4.78 is 0. The van der Waals surface area contributed by atoms with Crippen molar-refractivity contribution in [1.82, 2.24) is 0 Å². The highest BCUT2D eigenvalue weighted by molar-refractivity contribution is 6.30. The van der Waals surface area contributed by atoms with Crippen molar-refractivity contribution in [1.29, 1.82) is 0 Å². The molecular formula is C26H23ClN2O. The van der Waals surface area contributed by atoms with E-state index in [1.165, 1.54) is 11.1 Å². The van der Waals surface area contributed by atoms with Gasteiger partial charge in [0.15, 0.2) is 5.78 Å². The van der Waals surface area contributed by atoms with Gasteiger partial charge in [0.2, 0.25) is 0 Å². The topological polar surface area (TPSA) is 41.1 Å². The van der Waals surface area contributed by atoms with Gasteiger partial charge in [0.1, 0.15) is 0 Å². The number of carbonyl (C=O) groups excluding carboxylic acids is 1. The monoisotopic (exact) mass is 414 g/mol. The molecule has 0 radical (unpaired) electrons. The molecule has 0 saturated carbocycles. The Morgan fingerprint density at radius 2 is 1.63 bits per heavy atom. The van der Waals surface area contributed by atoms with Crippen LogP contribution in [0.2, 0.25) is 5.02 Å². The summed E-state index contributed by atoms with van der Waals surface area (Å²) in [6, 6.07) is 24.2. The zero-order valence-electron chi connectivity index (χ0n) is 16.8. The Balaban J connectivity index is 1.62. The number of Topliss-reactive ketones (excluding diaryl/α,β-unsaturated/α-hetero) is 1. The average molecular weight is 415 g/mol. The lowest BCUT2D eigenvalue weighted by atomic mass is 9.78. The van der Waals surface area contributed by atoms with Gasteiger partial charge in [-0.1, -0.05) is 60.1 Å². The molecule has 1 aliphatic carbocycles. The van der Waals surface area contributed by atoms with Crippen LogP contribution in [-0.2, 0) is 4.79 Å². The van der Waals surface area contributed by atoms with Gasteiger partial charge in [-0.15, -0.1) is 0 Å². The van der Waals surface area contributed by atoms with E-state index in [4.69, 9.17) is 11.6 Å². The number of anilines is 2. The van der Waals surface area contributed by atoms with Gasteiger partial charge in [-0.25, -0.2) is 0 Å². The molecule has 0 aromatic heterocycles. The highest BCUT2D eigenvalue weighted by Gasteiger charge is 2.36. The Hall–Kier alpha value is -3.04. The van der Waals surface area contributed by atoms with Crippen molar-refractivity contribution in [2.75, 3.05) is 10.6 Å². The number of halogens is 1. The molecule has 0 amide bonds. The van der Waals surface area contributed by atoms with E-state index in [-0.39, 0.29) is 17.7 Å². The number of aryl methyl sites for hydroxylation is 1. The summed E-state index contributed by atoms with van der Waals surface area (Å²) in [5.74, 6) is 0.373. The number of fused-ring (bicyclic) bond motifs is 1. The number of hydrogen-bond donors (Lipinski definition) is 2. The minimum absolute atomic E-state index is 0.183. The second-order valence-electron chi connectivity index (χ2n) is 8.13. The molecule has 0 spiro atoms. The molecule has 4 heteroatoms. The van der Waals surface area contributed by atoms with Crippen LogP contribution in [0.4, 0.5) is 11.4 Å². The van der Waals surface area contributed by atoms with Gasteiger partial charge in [-0.2, -0.15) is 0 Å². The summed E-state index contributed by atoms with van der Waals surface area (Å²) in [6.45, 7) is 2.08. The summed E-state index contributed by atoms with van der Waals surface area (Å²) in [4.78, 5) is 13.5. The zero-order chi connectivity index (χ0) is 20.7. The fraction of sp³-hybridized carbons (Fsp3) is 0.192. The standard InChI is InChI=1S/C26H23ClN2O/c1-16-7-12-21-22(13-16)29-26(18-8-10-20(27)11-9-18)25-23(28-21)14-19(15-24(25)30)17-5-3-2-4-6-17/h2-13,19,26,28-29H,14-15H2,1H3. The van der Waals surface area contributed by atoms with E-state index in [1.54, 1.807) is 0 Å². The number of allylic oxidation sites excluding steroid dienone is 1. The molecule has 0 bridgehead atoms. The van der Waals surface area contributed by atoms with E-state index in [1.807, 2.05) is 42.5 Å². The summed E-state index contributed by atoms with van der Waals surface area (Å²) in [7, 11) is 0. The summed E-state index contributed by atoms with van der Waals surface area (Å²) in [5, 5.41) is 7.93. The zero-order valence-corrected chi connectivity index (χ0v) is 17.5. The lowest BCUT2D eigenvalue weighted by Gasteiger charge is -2.30. The van der Waals surface area contributed by atoms with Crippen LogP contribution < -0.4 is 10.6 Å². The van der Waals surface area contributed by atoms with Crippen molar-refractivity contribution < 1.29 is 4.79 Å². The van der Waals surface area contributed by atoms with Crippen LogP contribution >= 0.6 is 11.6 Å². The van der Waals surface area contributed by atoms with Crippen LogP contribution in [-0.4, -0.2) is 5.78 Å². The van der Waals surface area contributed by atoms with Crippen LogP contribution in [0.1, 0.15) is 41.5 Å². The van der Waals surface area contributed by atoms with Crippen LogP contribution in [0.15, 0.2) is 84.1 Å². The molecule has 3 aromatic carbocycles. The first-order valence-electron chi connectivity index (χ1n) is 10.3. The van der Waals surface area contributed by atoms with Crippen LogP contribution in [0.5, 0.6) is 0 Å². The van der Waals surface area contributed by atoms with Gasteiger partial charge in [-0.05, 0) is 60.2 Å². The fourth-order valence-corrected chi connectivity index (χ4v) is 4.65. The number of hydrogen-bond acceptors (Lipinski definition) is 3. The molecule has 0 saturated heterocycles. The molecule has 3 nitrogen and oxygen atoms in total. The minimum atomic E-state index is -0.211. The maximum Gasteiger partial charge on any atom is 0.163 e. The number of benzene rings is 3. The predicted octanol–water partition coefficient (Wildman–Crippen LogP) is 6.63. The maximum absolute atomic E-state index is 13.5. The molecule has 2 N–H and O–H groups in total. The Bertz CT molecular complexity index is 1140. The normalized spacial score (nSPS) is 20.5. The summed E-state index contributed by atoms with van der Waals surface area (Å²) in [6.07, 6.45) is 1.33. The van der Waals surface area contributed by atoms with Crippen molar-refractivity contribution in [2.45, 2.75) is 31.7 Å². The average Bonchev–Trinajstić information content (AvgIpc) is 2.91. The van der Waals surface area contributed by atoms with Crippen molar-refractivity contribution >= 4 is 28.8 Å². The van der Waals surface area contributed by atoms with Crippen LogP contribution in [0.25, 0.3) is 0 Å². The van der Waals surface area contributed by atoms with Gasteiger partial charge in [0.25, 0.3) is 0 Å². The van der Waals surface area contributed by atoms with Crippen molar-refractivity contribution in [2.24, 2.45) is 0 Å². The highest BCUT2D eigenvalue weighted by atomic mass is 35.5.